The molecule has 3 amide bonds. The van der Waals surface area contributed by atoms with Crippen LogP contribution >= 0.6 is 27.7 Å². The Morgan fingerprint density at radius 1 is 1.14 bits per heavy atom. The van der Waals surface area contributed by atoms with E-state index in [4.69, 9.17) is 9.47 Å². The molecule has 0 saturated carbocycles. The van der Waals surface area contributed by atoms with E-state index in [2.05, 4.69) is 15.9 Å². The van der Waals surface area contributed by atoms with Gasteiger partial charge in [-0.25, -0.2) is 4.39 Å². The lowest BCUT2D eigenvalue weighted by molar-refractivity contribution is -0.136. The molecule has 0 aliphatic carbocycles. The number of hydrogen-bond acceptors (Lipinski definition) is 6. The molecule has 2 heterocycles. The summed E-state index contributed by atoms with van der Waals surface area (Å²) in [5, 5.41) is -0.467. The summed E-state index contributed by atoms with van der Waals surface area (Å²) in [4.78, 5) is 41.0. The largest absolute Gasteiger partial charge is 0.490 e. The molecule has 0 bridgehead atoms. The van der Waals surface area contributed by atoms with Gasteiger partial charge in [0.25, 0.3) is 11.1 Å². The Bertz CT molecular complexity index is 1200. The number of halogens is 2. The molecule has 4 rings (SSSR count). The molecule has 2 aliphatic heterocycles. The van der Waals surface area contributed by atoms with E-state index in [1.165, 1.54) is 6.07 Å². The average molecular weight is 577 g/mol. The number of carbonyl (C=O) groups excluding carboxylic acids is 3. The number of hydrogen-bond donors (Lipinski definition) is 0. The lowest BCUT2D eigenvalue weighted by Crippen LogP contribution is -2.44. The molecular weight excluding hydrogens is 551 g/mol. The number of carbonyl (C=O) groups is 3. The van der Waals surface area contributed by atoms with Crippen LogP contribution in [-0.2, 0) is 16.2 Å². The molecular formula is C26H26BrFN2O5S. The molecule has 7 nitrogen and oxygen atoms in total. The van der Waals surface area contributed by atoms with Crippen LogP contribution in [0.4, 0.5) is 9.18 Å². The van der Waals surface area contributed by atoms with Crippen molar-refractivity contribution in [3.8, 4) is 11.5 Å². The van der Waals surface area contributed by atoms with Crippen molar-refractivity contribution < 1.29 is 28.2 Å². The van der Waals surface area contributed by atoms with Crippen LogP contribution in [-0.4, -0.2) is 53.1 Å². The van der Waals surface area contributed by atoms with Crippen LogP contribution in [0.25, 0.3) is 6.08 Å². The molecule has 0 spiro atoms. The Labute approximate surface area is 221 Å². The number of amides is 3. The molecule has 2 aromatic carbocycles. The second kappa shape index (κ2) is 11.9. The fourth-order valence-electron chi connectivity index (χ4n) is 4.01. The summed E-state index contributed by atoms with van der Waals surface area (Å²) >= 11 is 4.28. The smallest absolute Gasteiger partial charge is 0.294 e. The lowest BCUT2D eigenvalue weighted by Gasteiger charge is -2.27. The van der Waals surface area contributed by atoms with Gasteiger partial charge in [-0.05, 0) is 83.7 Å². The summed E-state index contributed by atoms with van der Waals surface area (Å²) in [5.41, 5.74) is 1.01. The third-order valence-electron chi connectivity index (χ3n) is 5.84. The van der Waals surface area contributed by atoms with E-state index in [-0.39, 0.29) is 29.8 Å². The Hall–Kier alpha value is -2.85. The number of ether oxygens (including phenoxy) is 2. The van der Waals surface area contributed by atoms with Crippen molar-refractivity contribution in [3.05, 3.63) is 62.7 Å². The summed E-state index contributed by atoms with van der Waals surface area (Å²) in [5.74, 6) is -0.260. The van der Waals surface area contributed by atoms with Crippen molar-refractivity contribution >= 4 is 50.8 Å². The van der Waals surface area contributed by atoms with Gasteiger partial charge in [0.1, 0.15) is 19.0 Å². The number of likely N-dealkylation sites (tertiary alicyclic amines) is 1. The first kappa shape index (κ1) is 26.2. The minimum atomic E-state index is -0.496. The maximum Gasteiger partial charge on any atom is 0.294 e. The maximum absolute atomic E-state index is 14.0. The molecule has 0 unspecified atom stereocenters. The predicted octanol–water partition coefficient (Wildman–Crippen LogP) is 5.61. The van der Waals surface area contributed by atoms with Crippen LogP contribution in [0.5, 0.6) is 11.5 Å². The van der Waals surface area contributed by atoms with E-state index in [1.54, 1.807) is 41.3 Å². The molecule has 10 heteroatoms. The molecule has 2 aromatic rings. The van der Waals surface area contributed by atoms with Crippen LogP contribution in [0, 0.1) is 5.82 Å². The zero-order valence-corrected chi connectivity index (χ0v) is 22.2. The third-order valence-corrected chi connectivity index (χ3v) is 7.33. The molecule has 2 aliphatic rings. The van der Waals surface area contributed by atoms with E-state index in [1.807, 2.05) is 6.92 Å². The first-order chi connectivity index (χ1) is 17.4. The molecule has 190 valence electrons. The predicted molar refractivity (Wildman–Crippen MR) is 139 cm³/mol. The monoisotopic (exact) mass is 576 g/mol. The maximum atomic E-state index is 14.0. The summed E-state index contributed by atoms with van der Waals surface area (Å²) in [6, 6.07) is 9.78. The van der Waals surface area contributed by atoms with Gasteiger partial charge in [-0.3, -0.25) is 19.3 Å². The number of benzene rings is 2. The summed E-state index contributed by atoms with van der Waals surface area (Å²) in [7, 11) is 0. The van der Waals surface area contributed by atoms with Gasteiger partial charge in [0, 0.05) is 18.7 Å². The van der Waals surface area contributed by atoms with Crippen LogP contribution in [0.2, 0.25) is 0 Å². The Kier molecular flexibility index (Phi) is 8.68. The van der Waals surface area contributed by atoms with Crippen molar-refractivity contribution in [1.82, 2.24) is 9.80 Å². The lowest BCUT2D eigenvalue weighted by atomic mass is 10.1. The van der Waals surface area contributed by atoms with Gasteiger partial charge < -0.3 is 14.4 Å². The second-order valence-corrected chi connectivity index (χ2v) is 10.2. The minimum Gasteiger partial charge on any atom is -0.490 e. The Morgan fingerprint density at radius 3 is 2.61 bits per heavy atom. The van der Waals surface area contributed by atoms with Crippen LogP contribution in [0.1, 0.15) is 37.3 Å². The van der Waals surface area contributed by atoms with E-state index >= 15 is 0 Å². The van der Waals surface area contributed by atoms with Crippen molar-refractivity contribution in [2.75, 3.05) is 26.2 Å². The van der Waals surface area contributed by atoms with Gasteiger partial charge in [-0.1, -0.05) is 18.2 Å². The summed E-state index contributed by atoms with van der Waals surface area (Å²) in [6.07, 6.45) is 4.54. The first-order valence-corrected chi connectivity index (χ1v) is 13.3. The minimum absolute atomic E-state index is 0.00856. The first-order valence-electron chi connectivity index (χ1n) is 11.7. The Morgan fingerprint density at radius 2 is 1.89 bits per heavy atom. The molecule has 0 N–H and O–H groups in total. The number of nitrogens with zero attached hydrogens (tertiary/aromatic N) is 2. The number of rotatable bonds is 8. The SMILES string of the molecule is CCOc1cc(/C=C2\SC(=O)N(CC(=O)N3CCCCC3)C2=O)cc(Br)c1OCc1ccccc1F. The van der Waals surface area contributed by atoms with Gasteiger partial charge in [-0.15, -0.1) is 0 Å². The van der Waals surface area contributed by atoms with E-state index in [0.29, 0.717) is 46.8 Å². The van der Waals surface area contributed by atoms with Crippen molar-refractivity contribution in [1.29, 1.82) is 0 Å². The van der Waals surface area contributed by atoms with E-state index in [9.17, 15) is 18.8 Å². The highest BCUT2D eigenvalue weighted by Crippen LogP contribution is 2.40. The molecule has 0 radical (unpaired) electrons. The number of thioether (sulfide) groups is 1. The highest BCUT2D eigenvalue weighted by molar-refractivity contribution is 9.10. The van der Waals surface area contributed by atoms with E-state index in [0.717, 1.165) is 35.9 Å². The van der Waals surface area contributed by atoms with Crippen LogP contribution in [0.15, 0.2) is 45.8 Å². The Balaban J connectivity index is 1.51. The van der Waals surface area contributed by atoms with Gasteiger partial charge in [0.15, 0.2) is 11.5 Å². The van der Waals surface area contributed by atoms with Gasteiger partial charge in [-0.2, -0.15) is 0 Å². The summed E-state index contributed by atoms with van der Waals surface area (Å²) in [6.45, 7) is 3.26. The molecule has 2 saturated heterocycles. The van der Waals surface area contributed by atoms with Crippen molar-refractivity contribution in [2.45, 2.75) is 32.8 Å². The zero-order chi connectivity index (χ0) is 25.7. The summed E-state index contributed by atoms with van der Waals surface area (Å²) < 4.78 is 26.1. The molecule has 36 heavy (non-hydrogen) atoms. The van der Waals surface area contributed by atoms with Crippen molar-refractivity contribution in [3.63, 3.8) is 0 Å². The topological polar surface area (TPSA) is 76.2 Å². The van der Waals surface area contributed by atoms with Crippen LogP contribution < -0.4 is 9.47 Å². The van der Waals surface area contributed by atoms with Gasteiger partial charge in [0.2, 0.25) is 5.91 Å². The third kappa shape index (κ3) is 6.10. The quantitative estimate of drug-likeness (QED) is 0.380. The van der Waals surface area contributed by atoms with E-state index < -0.39 is 11.1 Å². The highest BCUT2D eigenvalue weighted by Gasteiger charge is 2.37. The second-order valence-electron chi connectivity index (χ2n) is 8.35. The molecule has 2 fully saturated rings. The molecule has 0 aromatic heterocycles. The zero-order valence-electron chi connectivity index (χ0n) is 19.8. The highest BCUT2D eigenvalue weighted by atomic mass is 79.9. The normalized spacial score (nSPS) is 17.1. The number of piperidine rings is 1. The molecule has 0 atom stereocenters. The standard InChI is InChI=1S/C26H26BrFN2O5S/c1-2-34-21-13-17(12-19(27)24(21)35-16-18-8-4-5-9-20(18)28)14-22-25(32)30(26(33)36-22)15-23(31)29-10-6-3-7-11-29/h4-5,8-9,12-14H,2-3,6-7,10-11,15-16H2,1H3/b22-14-. The average Bonchev–Trinajstić information content (AvgIpc) is 3.12. The van der Waals surface area contributed by atoms with Gasteiger partial charge in [0.05, 0.1) is 16.0 Å². The van der Waals surface area contributed by atoms with Crippen molar-refractivity contribution in [2.24, 2.45) is 0 Å². The number of imide groups is 1. The van der Waals surface area contributed by atoms with Crippen LogP contribution in [0.3, 0.4) is 0 Å². The fourth-order valence-corrected chi connectivity index (χ4v) is 5.42. The fraction of sp³-hybridized carbons (Fsp3) is 0.346. The van der Waals surface area contributed by atoms with Gasteiger partial charge >= 0.3 is 0 Å².